The number of rotatable bonds is 9. The van der Waals surface area contributed by atoms with E-state index in [0.29, 0.717) is 40.8 Å². The predicted octanol–water partition coefficient (Wildman–Crippen LogP) is 4.06. The van der Waals surface area contributed by atoms with E-state index in [9.17, 15) is 19.5 Å². The highest BCUT2D eigenvalue weighted by Crippen LogP contribution is 2.33. The number of phenolic OH excluding ortho intramolecular Hbond substituents is 1. The first-order valence-corrected chi connectivity index (χ1v) is 16.7. The van der Waals surface area contributed by atoms with Crippen LogP contribution >= 0.6 is 23.5 Å². The molecule has 0 bridgehead atoms. The van der Waals surface area contributed by atoms with Crippen molar-refractivity contribution in [3.05, 3.63) is 29.3 Å². The fourth-order valence-electron chi connectivity index (χ4n) is 5.40. The number of fused-ring (bicyclic) bond motifs is 2. The van der Waals surface area contributed by atoms with Gasteiger partial charge in [0, 0.05) is 35.5 Å². The number of urea groups is 2. The minimum absolute atomic E-state index is 0.0127. The van der Waals surface area contributed by atoms with Gasteiger partial charge in [0.1, 0.15) is 5.75 Å². The number of nitrogens with one attached hydrogen (secondary N) is 5. The van der Waals surface area contributed by atoms with Gasteiger partial charge in [0.25, 0.3) is 0 Å². The number of hydrogen-bond donors (Lipinski definition) is 6. The van der Waals surface area contributed by atoms with Gasteiger partial charge in [0.2, 0.25) is 5.91 Å². The van der Waals surface area contributed by atoms with Crippen molar-refractivity contribution in [2.45, 2.75) is 107 Å². The molecule has 0 saturated carbocycles. The number of phenols is 1. The van der Waals surface area contributed by atoms with E-state index in [2.05, 4.69) is 46.5 Å². The van der Waals surface area contributed by atoms with Crippen molar-refractivity contribution in [2.75, 3.05) is 18.6 Å². The molecule has 40 heavy (non-hydrogen) atoms. The average molecular weight is 594 g/mol. The Morgan fingerprint density at radius 1 is 0.950 bits per heavy atom. The molecule has 0 spiro atoms. The van der Waals surface area contributed by atoms with Crippen molar-refractivity contribution < 1.29 is 19.5 Å². The maximum absolute atomic E-state index is 11.2. The van der Waals surface area contributed by atoms with Gasteiger partial charge in [-0.1, -0.05) is 38.8 Å². The van der Waals surface area contributed by atoms with Gasteiger partial charge >= 0.3 is 12.1 Å². The molecule has 0 aromatic heterocycles. The molecule has 0 aliphatic carbocycles. The molecule has 0 radical (unpaired) electrons. The van der Waals surface area contributed by atoms with Gasteiger partial charge in [0.05, 0.1) is 24.2 Å². The molecule has 6 atom stereocenters. The minimum Gasteiger partial charge on any atom is -0.508 e. The number of amides is 5. The Hall–Kier alpha value is -2.27. The second-order valence-corrected chi connectivity index (χ2v) is 13.3. The molecular weight excluding hydrogens is 546 g/mol. The molecule has 1 aromatic rings. The van der Waals surface area contributed by atoms with Gasteiger partial charge in [-0.2, -0.15) is 23.5 Å². The number of aryl methyl sites for hydroxylation is 2. The summed E-state index contributed by atoms with van der Waals surface area (Å²) in [6.07, 6.45) is 8.37. The van der Waals surface area contributed by atoms with Crippen LogP contribution in [-0.2, 0) is 11.2 Å². The van der Waals surface area contributed by atoms with E-state index in [1.807, 2.05) is 36.5 Å². The summed E-state index contributed by atoms with van der Waals surface area (Å²) in [6, 6.07) is 7.18. The van der Waals surface area contributed by atoms with Gasteiger partial charge in [-0.25, -0.2) is 9.59 Å². The second-order valence-electron chi connectivity index (χ2n) is 10.8. The number of carbonyl (C=O) groups is 3. The lowest BCUT2D eigenvalue weighted by Gasteiger charge is -2.16. The van der Waals surface area contributed by atoms with E-state index in [-0.39, 0.29) is 24.0 Å². The maximum Gasteiger partial charge on any atom is 0.315 e. The topological polar surface area (TPSA) is 132 Å². The molecule has 4 heterocycles. The maximum atomic E-state index is 11.2. The monoisotopic (exact) mass is 593 g/mol. The Labute approximate surface area is 247 Å². The summed E-state index contributed by atoms with van der Waals surface area (Å²) in [4.78, 5) is 33.1. The van der Waals surface area contributed by atoms with E-state index in [0.717, 1.165) is 49.2 Å². The lowest BCUT2D eigenvalue weighted by Crippen LogP contribution is -2.36. The number of unbranched alkanes of at least 4 members (excludes halogenated alkanes) is 2. The fourth-order valence-corrected chi connectivity index (χ4v) is 8.39. The van der Waals surface area contributed by atoms with Crippen molar-refractivity contribution in [1.82, 2.24) is 26.6 Å². The molecule has 5 amide bonds. The number of aromatic hydroxyl groups is 1. The molecule has 6 unspecified atom stereocenters. The molecule has 6 N–H and O–H groups in total. The van der Waals surface area contributed by atoms with Crippen molar-refractivity contribution in [1.29, 1.82) is 0 Å². The smallest absolute Gasteiger partial charge is 0.315 e. The first-order valence-electron chi connectivity index (χ1n) is 14.6. The molecule has 4 aliphatic rings. The minimum atomic E-state index is -0.0318. The van der Waals surface area contributed by atoms with Crippen LogP contribution in [0.25, 0.3) is 0 Å². The van der Waals surface area contributed by atoms with Gasteiger partial charge in [-0.3, -0.25) is 4.79 Å². The lowest BCUT2D eigenvalue weighted by atomic mass is 10.0. The molecule has 224 valence electrons. The van der Waals surface area contributed by atoms with Crippen LogP contribution in [0.5, 0.6) is 5.75 Å². The van der Waals surface area contributed by atoms with Crippen LogP contribution < -0.4 is 26.6 Å². The third-order valence-corrected chi connectivity index (χ3v) is 10.9. The Morgan fingerprint density at radius 3 is 2.15 bits per heavy atom. The summed E-state index contributed by atoms with van der Waals surface area (Å²) in [5, 5.41) is 24.8. The van der Waals surface area contributed by atoms with E-state index >= 15 is 0 Å². The Kier molecular flexibility index (Phi) is 13.1. The van der Waals surface area contributed by atoms with Gasteiger partial charge in [0.15, 0.2) is 0 Å². The van der Waals surface area contributed by atoms with E-state index in [1.165, 1.54) is 18.4 Å². The quantitative estimate of drug-likeness (QED) is 0.189. The zero-order valence-corrected chi connectivity index (χ0v) is 25.9. The Morgan fingerprint density at radius 2 is 1.57 bits per heavy atom. The van der Waals surface area contributed by atoms with Crippen LogP contribution in [0.2, 0.25) is 0 Å². The summed E-state index contributed by atoms with van der Waals surface area (Å²) in [7, 11) is 1.67. The zero-order valence-electron chi connectivity index (χ0n) is 24.3. The van der Waals surface area contributed by atoms with Gasteiger partial charge < -0.3 is 31.7 Å². The van der Waals surface area contributed by atoms with Crippen LogP contribution in [0.1, 0.15) is 69.9 Å². The lowest BCUT2D eigenvalue weighted by molar-refractivity contribution is -0.120. The molecule has 4 fully saturated rings. The van der Waals surface area contributed by atoms with E-state index in [4.69, 9.17) is 0 Å². The van der Waals surface area contributed by atoms with Crippen LogP contribution in [-0.4, -0.2) is 76.3 Å². The highest BCUT2D eigenvalue weighted by Gasteiger charge is 2.43. The average Bonchev–Trinajstić information content (AvgIpc) is 3.69. The van der Waals surface area contributed by atoms with Gasteiger partial charge in [-0.05, 0) is 56.2 Å². The van der Waals surface area contributed by atoms with Crippen LogP contribution in [0.3, 0.4) is 0 Å². The fraction of sp³-hybridized carbons (Fsp3) is 0.690. The molecule has 9 nitrogen and oxygen atoms in total. The summed E-state index contributed by atoms with van der Waals surface area (Å²) in [6.45, 7) is 6.29. The highest BCUT2D eigenvalue weighted by molar-refractivity contribution is 8.00. The van der Waals surface area contributed by atoms with Gasteiger partial charge in [-0.15, -0.1) is 0 Å². The molecule has 4 saturated heterocycles. The normalized spacial score (nSPS) is 27.5. The van der Waals surface area contributed by atoms with Crippen LogP contribution in [0, 0.1) is 6.92 Å². The van der Waals surface area contributed by atoms with Crippen LogP contribution in [0.15, 0.2) is 18.2 Å². The number of carbonyl (C=O) groups excluding carboxylic acids is 3. The highest BCUT2D eigenvalue weighted by atomic mass is 32.2. The Balaban J connectivity index is 0.000000171. The largest absolute Gasteiger partial charge is 0.508 e. The molecule has 5 rings (SSSR count). The third kappa shape index (κ3) is 9.39. The van der Waals surface area contributed by atoms with Crippen molar-refractivity contribution >= 4 is 41.5 Å². The summed E-state index contributed by atoms with van der Waals surface area (Å²) >= 11 is 3.88. The van der Waals surface area contributed by atoms with Crippen molar-refractivity contribution in [3.63, 3.8) is 0 Å². The summed E-state index contributed by atoms with van der Waals surface area (Å²) in [5.41, 5.74) is 2.30. The first-order chi connectivity index (χ1) is 19.2. The third-order valence-electron chi connectivity index (χ3n) is 7.78. The number of hydrogen-bond acceptors (Lipinski definition) is 6. The molecule has 11 heteroatoms. The molecule has 1 aromatic carbocycles. The SMILES string of the molecule is CCC1SCC2NC(=O)NC21.CCCCc1ccc(O)c(C)c1.CNC(=O)CCCCC1SCC2NC(=O)NC21. The van der Waals surface area contributed by atoms with Crippen LogP contribution in [0.4, 0.5) is 9.59 Å². The number of thioether (sulfide) groups is 2. The first kappa shape index (κ1) is 32.2. The van der Waals surface area contributed by atoms with Crippen molar-refractivity contribution in [2.24, 2.45) is 0 Å². The standard InChI is InChI=1S/C11H19N3O2S.C11H16O.C7H12N2OS/c1-12-9(15)5-3-2-4-8-10-7(6-17-8)13-11(16)14-10;1-3-4-5-10-6-7-11(12)9(2)8-10;1-2-5-6-4(3-11-5)8-7(10)9-6/h7-8,10H,2-6H2,1H3,(H,12,15)(H2,13,14,16);6-8,12H,3-5H2,1-2H3;4-6H,2-3H2,1H3,(H2,8,9,10). The van der Waals surface area contributed by atoms with Crippen molar-refractivity contribution in [3.8, 4) is 5.75 Å². The predicted molar refractivity (Wildman–Crippen MR) is 165 cm³/mol. The summed E-state index contributed by atoms with van der Waals surface area (Å²) < 4.78 is 0. The second kappa shape index (κ2) is 16.2. The zero-order chi connectivity index (χ0) is 29.1. The molecular formula is C29H47N5O4S2. The summed E-state index contributed by atoms with van der Waals surface area (Å²) in [5.74, 6) is 2.58. The van der Waals surface area contributed by atoms with E-state index in [1.54, 1.807) is 13.1 Å². The molecule has 4 aliphatic heterocycles. The Bertz CT molecular complexity index is 997. The van der Waals surface area contributed by atoms with E-state index < -0.39 is 0 Å². The number of benzene rings is 1.